The van der Waals surface area contributed by atoms with E-state index in [0.717, 1.165) is 48.6 Å². The van der Waals surface area contributed by atoms with Gasteiger partial charge < -0.3 is 25.7 Å². The van der Waals surface area contributed by atoms with E-state index in [2.05, 4.69) is 10.3 Å². The molecule has 41 heavy (non-hydrogen) atoms. The van der Waals surface area contributed by atoms with Crippen LogP contribution in [0, 0.1) is 30.6 Å². The molecule has 8 nitrogen and oxygen atoms in total. The fourth-order valence-corrected chi connectivity index (χ4v) is 7.64. The molecule has 4 N–H and O–H groups in total. The Kier molecular flexibility index (Phi) is 9.32. The van der Waals surface area contributed by atoms with Crippen molar-refractivity contribution in [3.05, 3.63) is 29.5 Å². The predicted octanol–water partition coefficient (Wildman–Crippen LogP) is 5.49. The number of carbonyl (C=O) groups excluding carboxylic acids is 3. The highest BCUT2D eigenvalue weighted by atomic mass is 19.1. The van der Waals surface area contributed by atoms with Gasteiger partial charge in [0.25, 0.3) is 0 Å². The van der Waals surface area contributed by atoms with E-state index in [1.807, 2.05) is 30.0 Å². The molecule has 9 heteroatoms. The third-order valence-corrected chi connectivity index (χ3v) is 9.96. The molecule has 224 valence electrons. The van der Waals surface area contributed by atoms with Crippen LogP contribution in [0.4, 0.5) is 10.1 Å². The highest BCUT2D eigenvalue weighted by molar-refractivity contribution is 6.02. The van der Waals surface area contributed by atoms with Crippen molar-refractivity contribution in [3.63, 3.8) is 0 Å². The Morgan fingerprint density at radius 2 is 1.83 bits per heavy atom. The minimum atomic E-state index is -0.529. The van der Waals surface area contributed by atoms with E-state index < -0.39 is 24.7 Å². The molecule has 2 aliphatic carbocycles. The molecule has 1 aromatic heterocycles. The zero-order chi connectivity index (χ0) is 29.1. The van der Waals surface area contributed by atoms with Gasteiger partial charge in [-0.05, 0) is 87.5 Å². The van der Waals surface area contributed by atoms with Crippen LogP contribution in [0.15, 0.2) is 18.2 Å². The van der Waals surface area contributed by atoms with Crippen LogP contribution in [-0.4, -0.2) is 59.6 Å². The number of hydrogen-bond acceptors (Lipinski definition) is 5. The van der Waals surface area contributed by atoms with Crippen LogP contribution < -0.4 is 11.1 Å². The highest BCUT2D eigenvalue weighted by Gasteiger charge is 2.47. The minimum Gasteiger partial charge on any atom is -0.461 e. The van der Waals surface area contributed by atoms with Crippen LogP contribution in [0.25, 0.3) is 10.9 Å². The second-order valence-electron chi connectivity index (χ2n) is 12.4. The molecule has 1 unspecified atom stereocenters. The molecular weight excluding hydrogens is 523 g/mol. The van der Waals surface area contributed by atoms with E-state index in [1.54, 1.807) is 6.92 Å². The number of aromatic nitrogens is 1. The molecule has 1 saturated heterocycles. The van der Waals surface area contributed by atoms with E-state index in [9.17, 15) is 18.8 Å². The number of fused-ring (bicyclic) bond motifs is 1. The number of esters is 1. The Balaban J connectivity index is 1.35. The number of H-pyrrole nitrogens is 1. The van der Waals surface area contributed by atoms with Gasteiger partial charge in [-0.15, -0.1) is 0 Å². The third-order valence-electron chi connectivity index (χ3n) is 9.96. The zero-order valence-electron chi connectivity index (χ0n) is 24.4. The molecule has 2 saturated carbocycles. The van der Waals surface area contributed by atoms with Crippen molar-refractivity contribution in [1.29, 1.82) is 0 Å². The first-order valence-corrected chi connectivity index (χ1v) is 15.5. The molecule has 2 aromatic rings. The third kappa shape index (κ3) is 6.15. The van der Waals surface area contributed by atoms with Gasteiger partial charge in [-0.3, -0.25) is 9.59 Å². The molecule has 3 aliphatic rings. The van der Waals surface area contributed by atoms with E-state index in [0.29, 0.717) is 43.3 Å². The number of nitrogens with one attached hydrogen (secondary N) is 2. The summed E-state index contributed by atoms with van der Waals surface area (Å²) in [5.41, 5.74) is 8.58. The van der Waals surface area contributed by atoms with Crippen LogP contribution in [0.5, 0.6) is 0 Å². The van der Waals surface area contributed by atoms with Crippen LogP contribution in [0.1, 0.15) is 87.2 Å². The van der Waals surface area contributed by atoms with Crippen LogP contribution in [-0.2, 0) is 14.3 Å². The lowest BCUT2D eigenvalue weighted by atomic mass is 9.76. The number of carbonyl (C=O) groups is 3. The molecule has 0 bridgehead atoms. The molecule has 2 amide bonds. The lowest BCUT2D eigenvalue weighted by Gasteiger charge is -2.36. The number of anilines is 1. The van der Waals surface area contributed by atoms with Crippen LogP contribution in [0.3, 0.4) is 0 Å². The van der Waals surface area contributed by atoms with Gasteiger partial charge >= 0.3 is 5.97 Å². The molecular formula is C32H45FN4O4. The quantitative estimate of drug-likeness (QED) is 0.364. The normalized spacial score (nSPS) is 26.2. The van der Waals surface area contributed by atoms with Gasteiger partial charge in [0, 0.05) is 35.1 Å². The fraction of sp³-hybridized carbons (Fsp3) is 0.656. The minimum absolute atomic E-state index is 0.0618. The van der Waals surface area contributed by atoms with Gasteiger partial charge in [0.05, 0.1) is 6.61 Å². The number of rotatable bonds is 8. The topological polar surface area (TPSA) is 118 Å². The first kappa shape index (κ1) is 29.5. The maximum atomic E-state index is 14.0. The van der Waals surface area contributed by atoms with Crippen molar-refractivity contribution in [2.24, 2.45) is 29.4 Å². The van der Waals surface area contributed by atoms with Gasteiger partial charge in [0.2, 0.25) is 11.8 Å². The fourth-order valence-electron chi connectivity index (χ4n) is 7.64. The number of nitrogens with two attached hydrogens (primary N) is 1. The molecule has 0 radical (unpaired) electrons. The predicted molar refractivity (Wildman–Crippen MR) is 157 cm³/mol. The maximum absolute atomic E-state index is 14.0. The van der Waals surface area contributed by atoms with Crippen molar-refractivity contribution >= 4 is 34.4 Å². The first-order chi connectivity index (χ1) is 19.8. The number of amides is 2. The molecule has 0 spiro atoms. The number of ether oxygens (including phenoxy) is 1. The Hall–Kier alpha value is -2.94. The number of benzene rings is 1. The van der Waals surface area contributed by atoms with E-state index in [4.69, 9.17) is 10.5 Å². The zero-order valence-corrected chi connectivity index (χ0v) is 24.4. The summed E-state index contributed by atoms with van der Waals surface area (Å²) in [6.07, 6.45) is 9.53. The van der Waals surface area contributed by atoms with Gasteiger partial charge in [0.15, 0.2) is 0 Å². The molecule has 3 fully saturated rings. The number of halogens is 1. The van der Waals surface area contributed by atoms with Crippen LogP contribution >= 0.6 is 0 Å². The Morgan fingerprint density at radius 3 is 2.51 bits per heavy atom. The molecule has 1 aromatic carbocycles. The average Bonchev–Trinajstić information content (AvgIpc) is 3.59. The smallest absolute Gasteiger partial charge is 0.355 e. The number of aryl methyl sites for hydroxylation is 1. The van der Waals surface area contributed by atoms with Crippen molar-refractivity contribution < 1.29 is 23.5 Å². The number of alkyl halides is 1. The van der Waals surface area contributed by atoms with E-state index in [1.165, 1.54) is 19.3 Å². The summed E-state index contributed by atoms with van der Waals surface area (Å²) in [4.78, 5) is 45.3. The largest absolute Gasteiger partial charge is 0.461 e. The van der Waals surface area contributed by atoms with E-state index in [-0.39, 0.29) is 29.6 Å². The standard InChI is InChI=1S/C32H45FN4O4/c1-3-41-32(40)28-19(2)25-17-23(13-14-27(25)36-28)35-30(38)29-24(20-7-5-4-6-8-20)15-16-37(29)31(39)22-11-9-21(10-12-22)26(34)18-33/h13-14,17,20-22,24,26,29,36H,3-12,15-16,18,34H2,1-2H3,(H,35,38)/t21?,22?,24-,26?,29-/m0/s1. The summed E-state index contributed by atoms with van der Waals surface area (Å²) in [7, 11) is 0. The number of hydrogen-bond donors (Lipinski definition) is 3. The molecule has 3 atom stereocenters. The number of likely N-dealkylation sites (tertiary alicyclic amines) is 1. The summed E-state index contributed by atoms with van der Waals surface area (Å²) in [6.45, 7) is 4.00. The Bertz CT molecular complexity index is 1250. The van der Waals surface area contributed by atoms with Gasteiger partial charge in [-0.25, -0.2) is 9.18 Å². The highest BCUT2D eigenvalue weighted by Crippen LogP contribution is 2.41. The van der Waals surface area contributed by atoms with E-state index >= 15 is 0 Å². The maximum Gasteiger partial charge on any atom is 0.355 e. The van der Waals surface area contributed by atoms with Crippen molar-refractivity contribution in [1.82, 2.24) is 9.88 Å². The van der Waals surface area contributed by atoms with Crippen molar-refractivity contribution in [2.75, 3.05) is 25.1 Å². The summed E-state index contributed by atoms with van der Waals surface area (Å²) in [5.74, 6) is 0.0830. The molecule has 5 rings (SSSR count). The molecule has 1 aliphatic heterocycles. The van der Waals surface area contributed by atoms with Gasteiger partial charge in [-0.1, -0.05) is 32.1 Å². The second-order valence-corrected chi connectivity index (χ2v) is 12.4. The number of aromatic amines is 1. The SMILES string of the molecule is CCOC(=O)c1[nH]c2ccc(NC(=O)[C@@H]3[C@H](C4CCCCC4)CCN3C(=O)C3CCC(C(N)CF)CC3)cc2c1C. The molecule has 2 heterocycles. The summed E-state index contributed by atoms with van der Waals surface area (Å²) in [5, 5.41) is 3.98. The second kappa shape index (κ2) is 12.9. The summed E-state index contributed by atoms with van der Waals surface area (Å²) < 4.78 is 18.3. The summed E-state index contributed by atoms with van der Waals surface area (Å²) in [6, 6.07) is 4.61. The number of nitrogens with zero attached hydrogens (tertiary/aromatic N) is 1. The van der Waals surface area contributed by atoms with Crippen molar-refractivity contribution in [3.8, 4) is 0 Å². The Labute approximate surface area is 241 Å². The summed E-state index contributed by atoms with van der Waals surface area (Å²) >= 11 is 0. The first-order valence-electron chi connectivity index (χ1n) is 15.5. The van der Waals surface area contributed by atoms with Crippen molar-refractivity contribution in [2.45, 2.75) is 90.1 Å². The lowest BCUT2D eigenvalue weighted by Crippen LogP contribution is -2.50. The average molecular weight is 569 g/mol. The van der Waals surface area contributed by atoms with Gasteiger partial charge in [0.1, 0.15) is 18.4 Å². The Morgan fingerprint density at radius 1 is 1.10 bits per heavy atom. The van der Waals surface area contributed by atoms with Gasteiger partial charge in [-0.2, -0.15) is 0 Å². The van der Waals surface area contributed by atoms with Crippen LogP contribution in [0.2, 0.25) is 0 Å². The lowest BCUT2D eigenvalue weighted by molar-refractivity contribution is -0.142. The monoisotopic (exact) mass is 568 g/mol.